The number of anilines is 1. The van der Waals surface area contributed by atoms with Crippen LogP contribution in [-0.4, -0.2) is 55.6 Å². The van der Waals surface area contributed by atoms with Crippen molar-refractivity contribution in [1.82, 2.24) is 15.2 Å². The summed E-state index contributed by atoms with van der Waals surface area (Å²) in [4.78, 5) is 20.5. The first kappa shape index (κ1) is 17.2. The lowest BCUT2D eigenvalue weighted by Gasteiger charge is -2.32. The van der Waals surface area contributed by atoms with Crippen LogP contribution in [0.25, 0.3) is 0 Å². The van der Waals surface area contributed by atoms with Crippen molar-refractivity contribution in [3.8, 4) is 6.07 Å². The van der Waals surface area contributed by atoms with Crippen LogP contribution in [-0.2, 0) is 4.79 Å². The van der Waals surface area contributed by atoms with Crippen LogP contribution < -0.4 is 10.2 Å². The minimum absolute atomic E-state index is 0.00674. The summed E-state index contributed by atoms with van der Waals surface area (Å²) in [5, 5.41) is 11.8. The Hall–Kier alpha value is -2.13. The van der Waals surface area contributed by atoms with Crippen molar-refractivity contribution in [3.05, 3.63) is 23.9 Å². The molecule has 6 nitrogen and oxygen atoms in total. The van der Waals surface area contributed by atoms with Gasteiger partial charge in [0.1, 0.15) is 11.9 Å². The summed E-state index contributed by atoms with van der Waals surface area (Å²) in [6, 6.07) is 5.50. The van der Waals surface area contributed by atoms with Gasteiger partial charge in [0.05, 0.1) is 12.1 Å². The largest absolute Gasteiger partial charge is 0.354 e. The molecule has 1 aliphatic rings. The van der Waals surface area contributed by atoms with Gasteiger partial charge in [-0.15, -0.1) is 0 Å². The van der Waals surface area contributed by atoms with Gasteiger partial charge in [-0.25, -0.2) is 4.98 Å². The van der Waals surface area contributed by atoms with Gasteiger partial charge < -0.3 is 15.1 Å². The van der Waals surface area contributed by atoms with Crippen LogP contribution in [0.15, 0.2) is 18.3 Å². The Morgan fingerprint density at radius 2 is 2.39 bits per heavy atom. The van der Waals surface area contributed by atoms with E-state index in [0.717, 1.165) is 19.6 Å². The number of pyridine rings is 1. The minimum Gasteiger partial charge on any atom is -0.354 e. The molecule has 1 amide bonds. The van der Waals surface area contributed by atoms with E-state index in [2.05, 4.69) is 22.1 Å². The summed E-state index contributed by atoms with van der Waals surface area (Å²) in [6.45, 7) is 6.52. The molecule has 2 heterocycles. The molecule has 0 unspecified atom stereocenters. The number of hydrogen-bond acceptors (Lipinski definition) is 5. The van der Waals surface area contributed by atoms with Crippen LogP contribution in [0.1, 0.15) is 25.3 Å². The van der Waals surface area contributed by atoms with E-state index < -0.39 is 0 Å². The van der Waals surface area contributed by atoms with E-state index in [-0.39, 0.29) is 12.5 Å². The smallest absolute Gasteiger partial charge is 0.239 e. The van der Waals surface area contributed by atoms with E-state index in [4.69, 9.17) is 5.26 Å². The Labute approximate surface area is 138 Å². The average Bonchev–Trinajstić information content (AvgIpc) is 2.60. The van der Waals surface area contributed by atoms with E-state index in [0.29, 0.717) is 17.3 Å². The Bertz CT molecular complexity index is 551. The first-order chi connectivity index (χ1) is 11.1. The summed E-state index contributed by atoms with van der Waals surface area (Å²) in [5.41, 5.74) is 0.518. The summed E-state index contributed by atoms with van der Waals surface area (Å²) in [5.74, 6) is 1.24. The summed E-state index contributed by atoms with van der Waals surface area (Å²) >= 11 is 0. The third-order valence-corrected chi connectivity index (χ3v) is 4.29. The fourth-order valence-corrected chi connectivity index (χ4v) is 2.89. The number of rotatable bonds is 6. The molecule has 23 heavy (non-hydrogen) atoms. The van der Waals surface area contributed by atoms with Crippen molar-refractivity contribution in [2.24, 2.45) is 5.92 Å². The van der Waals surface area contributed by atoms with Crippen molar-refractivity contribution >= 4 is 11.7 Å². The number of carbonyl (C=O) groups is 1. The zero-order valence-electron chi connectivity index (χ0n) is 14.0. The van der Waals surface area contributed by atoms with Crippen LogP contribution >= 0.6 is 0 Å². The fraction of sp³-hybridized carbons (Fsp3) is 0.588. The van der Waals surface area contributed by atoms with Crippen molar-refractivity contribution in [1.29, 1.82) is 5.26 Å². The van der Waals surface area contributed by atoms with Gasteiger partial charge >= 0.3 is 0 Å². The fourth-order valence-electron chi connectivity index (χ4n) is 2.89. The molecule has 1 N–H and O–H groups in total. The van der Waals surface area contributed by atoms with Crippen LogP contribution in [0.4, 0.5) is 5.82 Å². The van der Waals surface area contributed by atoms with Crippen LogP contribution in [0.2, 0.25) is 0 Å². The number of likely N-dealkylation sites (tertiary alicyclic amines) is 1. The van der Waals surface area contributed by atoms with E-state index in [9.17, 15) is 4.79 Å². The molecule has 1 aromatic rings. The van der Waals surface area contributed by atoms with Gasteiger partial charge in [-0.2, -0.15) is 5.26 Å². The maximum atomic E-state index is 12.1. The zero-order chi connectivity index (χ0) is 16.7. The van der Waals surface area contributed by atoms with Gasteiger partial charge in [-0.05, 0) is 44.0 Å². The Morgan fingerprint density at radius 1 is 1.57 bits per heavy atom. The molecular weight excluding hydrogens is 290 g/mol. The van der Waals surface area contributed by atoms with E-state index >= 15 is 0 Å². The molecule has 0 saturated carbocycles. The second-order valence-electron chi connectivity index (χ2n) is 6.08. The number of piperidine rings is 1. The first-order valence-corrected chi connectivity index (χ1v) is 8.18. The maximum absolute atomic E-state index is 12.1. The van der Waals surface area contributed by atoms with E-state index in [1.165, 1.54) is 25.6 Å². The van der Waals surface area contributed by atoms with Crippen molar-refractivity contribution in [2.75, 3.05) is 44.7 Å². The number of aromatic nitrogens is 1. The molecular formula is C17H25N5O. The quantitative estimate of drug-likeness (QED) is 0.855. The Morgan fingerprint density at radius 3 is 3.04 bits per heavy atom. The summed E-state index contributed by atoms with van der Waals surface area (Å²) < 4.78 is 0. The maximum Gasteiger partial charge on any atom is 0.239 e. The summed E-state index contributed by atoms with van der Waals surface area (Å²) in [6.07, 6.45) is 3.92. The van der Waals surface area contributed by atoms with E-state index in [1.54, 1.807) is 17.0 Å². The number of nitriles is 1. The lowest BCUT2D eigenvalue weighted by Crippen LogP contribution is -2.43. The zero-order valence-corrected chi connectivity index (χ0v) is 14.0. The predicted octanol–water partition coefficient (Wildman–Crippen LogP) is 1.24. The van der Waals surface area contributed by atoms with Gasteiger partial charge in [-0.1, -0.05) is 6.92 Å². The first-order valence-electron chi connectivity index (χ1n) is 8.18. The molecule has 1 aliphatic heterocycles. The second kappa shape index (κ2) is 8.49. The molecule has 0 aromatic carbocycles. The number of likely N-dealkylation sites (N-methyl/N-ethyl adjacent to an activating group) is 1. The number of amides is 1. The number of carbonyl (C=O) groups excluding carboxylic acids is 1. The Kier molecular flexibility index (Phi) is 6.36. The number of nitrogens with zero attached hydrogens (tertiary/aromatic N) is 4. The molecule has 0 bridgehead atoms. The van der Waals surface area contributed by atoms with Gasteiger partial charge in [0.25, 0.3) is 0 Å². The molecule has 1 aromatic heterocycles. The SMILES string of the molecule is CCN1CCC[C@H](CNC(=O)CN(C)c2ccc(C#N)cn2)C1. The molecule has 0 spiro atoms. The second-order valence-corrected chi connectivity index (χ2v) is 6.08. The van der Waals surface area contributed by atoms with Gasteiger partial charge in [0.15, 0.2) is 0 Å². The van der Waals surface area contributed by atoms with Crippen molar-refractivity contribution < 1.29 is 4.79 Å². The number of hydrogen-bond donors (Lipinski definition) is 1. The molecule has 1 fully saturated rings. The highest BCUT2D eigenvalue weighted by atomic mass is 16.2. The highest BCUT2D eigenvalue weighted by molar-refractivity contribution is 5.80. The van der Waals surface area contributed by atoms with Crippen molar-refractivity contribution in [2.45, 2.75) is 19.8 Å². The Balaban J connectivity index is 1.76. The van der Waals surface area contributed by atoms with Crippen LogP contribution in [0.3, 0.4) is 0 Å². The standard InChI is InChI=1S/C17H25N5O/c1-3-22-8-4-5-15(12-22)11-20-17(23)13-21(2)16-7-6-14(9-18)10-19-16/h6-7,10,15H,3-5,8,11-13H2,1-2H3,(H,20,23)/t15-/m1/s1. The lowest BCUT2D eigenvalue weighted by atomic mass is 9.98. The van der Waals surface area contributed by atoms with Crippen molar-refractivity contribution in [3.63, 3.8) is 0 Å². The van der Waals surface area contributed by atoms with Crippen LogP contribution in [0.5, 0.6) is 0 Å². The van der Waals surface area contributed by atoms with Crippen LogP contribution in [0, 0.1) is 17.2 Å². The molecule has 2 rings (SSSR count). The molecule has 124 valence electrons. The van der Waals surface area contributed by atoms with Gasteiger partial charge in [-0.3, -0.25) is 4.79 Å². The minimum atomic E-state index is 0.00674. The average molecular weight is 315 g/mol. The van der Waals surface area contributed by atoms with E-state index in [1.807, 2.05) is 13.1 Å². The predicted molar refractivity (Wildman–Crippen MR) is 90.1 cm³/mol. The third-order valence-electron chi connectivity index (χ3n) is 4.29. The highest BCUT2D eigenvalue weighted by Gasteiger charge is 2.19. The monoisotopic (exact) mass is 315 g/mol. The topological polar surface area (TPSA) is 72.3 Å². The molecule has 1 saturated heterocycles. The number of nitrogens with one attached hydrogen (secondary N) is 1. The lowest BCUT2D eigenvalue weighted by molar-refractivity contribution is -0.120. The highest BCUT2D eigenvalue weighted by Crippen LogP contribution is 2.15. The van der Waals surface area contributed by atoms with Gasteiger partial charge in [0.2, 0.25) is 5.91 Å². The molecule has 0 aliphatic carbocycles. The third kappa shape index (κ3) is 5.22. The molecule has 6 heteroatoms. The van der Waals surface area contributed by atoms with Gasteiger partial charge in [0, 0.05) is 26.3 Å². The molecule has 0 radical (unpaired) electrons. The summed E-state index contributed by atoms with van der Waals surface area (Å²) in [7, 11) is 1.83. The normalized spacial score (nSPS) is 18.2. The molecule has 1 atom stereocenters.